The molecule has 0 bridgehead atoms. The maximum absolute atomic E-state index is 4.21. The van der Waals surface area contributed by atoms with Crippen LogP contribution in [0.25, 0.3) is 0 Å². The maximum atomic E-state index is 4.21. The van der Waals surface area contributed by atoms with Crippen LogP contribution in [0.3, 0.4) is 0 Å². The zero-order valence-electron chi connectivity index (χ0n) is 8.27. The van der Waals surface area contributed by atoms with Crippen LogP contribution in [0.4, 0.5) is 0 Å². The van der Waals surface area contributed by atoms with E-state index in [2.05, 4.69) is 15.3 Å². The zero-order chi connectivity index (χ0) is 9.97. The fourth-order valence-corrected chi connectivity index (χ4v) is 2.06. The highest BCUT2D eigenvalue weighted by molar-refractivity contribution is 7.09. The Morgan fingerprint density at radius 3 is 2.86 bits per heavy atom. The van der Waals surface area contributed by atoms with E-state index in [1.165, 1.54) is 4.88 Å². The van der Waals surface area contributed by atoms with E-state index >= 15 is 0 Å². The Labute approximate surface area is 86.6 Å². The van der Waals surface area contributed by atoms with Gasteiger partial charge in [0.2, 0.25) is 0 Å². The average molecular weight is 208 g/mol. The van der Waals surface area contributed by atoms with Gasteiger partial charge in [-0.2, -0.15) is 0 Å². The molecule has 14 heavy (non-hydrogen) atoms. The Morgan fingerprint density at radius 1 is 1.43 bits per heavy atom. The van der Waals surface area contributed by atoms with Crippen molar-refractivity contribution in [3.8, 4) is 0 Å². The van der Waals surface area contributed by atoms with Gasteiger partial charge in [0.05, 0.1) is 16.9 Å². The monoisotopic (exact) mass is 208 g/mol. The van der Waals surface area contributed by atoms with Gasteiger partial charge in [-0.1, -0.05) is 5.21 Å². The molecule has 0 fully saturated rings. The molecule has 0 amide bonds. The molecule has 0 radical (unpaired) electrons. The van der Waals surface area contributed by atoms with Crippen LogP contribution in [-0.2, 0) is 13.0 Å². The number of aromatic nitrogens is 4. The Bertz CT molecular complexity index is 418. The molecule has 0 aliphatic heterocycles. The Balaban J connectivity index is 1.98. The summed E-state index contributed by atoms with van der Waals surface area (Å²) >= 11 is 1.70. The van der Waals surface area contributed by atoms with Gasteiger partial charge in [0.25, 0.3) is 0 Å². The molecule has 0 saturated carbocycles. The summed E-state index contributed by atoms with van der Waals surface area (Å²) in [6.07, 6.45) is 2.94. The molecule has 4 nitrogen and oxygen atoms in total. The zero-order valence-corrected chi connectivity index (χ0v) is 9.08. The molecule has 74 valence electrons. The van der Waals surface area contributed by atoms with Crippen LogP contribution in [0.5, 0.6) is 0 Å². The maximum Gasteiger partial charge on any atom is 0.0797 e. The van der Waals surface area contributed by atoms with Crippen LogP contribution in [0, 0.1) is 13.8 Å². The van der Waals surface area contributed by atoms with Gasteiger partial charge >= 0.3 is 0 Å². The number of thiazole rings is 1. The topological polar surface area (TPSA) is 43.6 Å². The lowest BCUT2D eigenvalue weighted by Crippen LogP contribution is -2.01. The second kappa shape index (κ2) is 3.88. The molecule has 2 heterocycles. The van der Waals surface area contributed by atoms with Crippen LogP contribution in [0.2, 0.25) is 0 Å². The Morgan fingerprint density at radius 2 is 2.29 bits per heavy atom. The van der Waals surface area contributed by atoms with Crippen LogP contribution >= 0.6 is 11.3 Å². The molecule has 0 saturated heterocycles. The van der Waals surface area contributed by atoms with Gasteiger partial charge in [-0.25, -0.2) is 4.98 Å². The number of hydrogen-bond acceptors (Lipinski definition) is 4. The van der Waals surface area contributed by atoms with Gasteiger partial charge in [-0.05, 0) is 13.8 Å². The summed E-state index contributed by atoms with van der Waals surface area (Å²) < 4.78 is 1.87. The van der Waals surface area contributed by atoms with Crippen molar-refractivity contribution < 1.29 is 0 Å². The van der Waals surface area contributed by atoms with E-state index in [9.17, 15) is 0 Å². The molecule has 0 aliphatic carbocycles. The first-order valence-electron chi connectivity index (χ1n) is 4.51. The quantitative estimate of drug-likeness (QED) is 0.769. The molecule has 0 N–H and O–H groups in total. The van der Waals surface area contributed by atoms with E-state index in [4.69, 9.17) is 0 Å². The SMILES string of the molecule is Cc1cn(CCc2scnc2C)nn1. The third-order valence-corrected chi connectivity index (χ3v) is 3.06. The van der Waals surface area contributed by atoms with Crippen molar-refractivity contribution in [1.29, 1.82) is 0 Å². The molecule has 0 atom stereocenters. The normalized spacial score (nSPS) is 10.7. The smallest absolute Gasteiger partial charge is 0.0797 e. The Kier molecular flexibility index (Phi) is 2.58. The molecular formula is C9H12N4S. The van der Waals surface area contributed by atoms with Crippen molar-refractivity contribution in [1.82, 2.24) is 20.0 Å². The standard InChI is InChI=1S/C9H12N4S/c1-7-5-13(12-11-7)4-3-9-8(2)10-6-14-9/h5-6H,3-4H2,1-2H3. The second-order valence-electron chi connectivity index (χ2n) is 3.23. The first-order valence-corrected chi connectivity index (χ1v) is 5.39. The minimum Gasteiger partial charge on any atom is -0.252 e. The largest absolute Gasteiger partial charge is 0.252 e. The summed E-state index contributed by atoms with van der Waals surface area (Å²) in [5.41, 5.74) is 3.98. The summed E-state index contributed by atoms with van der Waals surface area (Å²) in [4.78, 5) is 5.54. The predicted molar refractivity (Wildman–Crippen MR) is 55.3 cm³/mol. The van der Waals surface area contributed by atoms with E-state index in [1.54, 1.807) is 11.3 Å². The van der Waals surface area contributed by atoms with Crippen molar-refractivity contribution in [2.45, 2.75) is 26.8 Å². The van der Waals surface area contributed by atoms with E-state index < -0.39 is 0 Å². The van der Waals surface area contributed by atoms with Crippen molar-refractivity contribution in [3.63, 3.8) is 0 Å². The van der Waals surface area contributed by atoms with Crippen molar-refractivity contribution in [3.05, 3.63) is 28.0 Å². The van der Waals surface area contributed by atoms with Gasteiger partial charge in [0, 0.05) is 24.0 Å². The van der Waals surface area contributed by atoms with Crippen molar-refractivity contribution >= 4 is 11.3 Å². The van der Waals surface area contributed by atoms with Gasteiger partial charge in [-0.3, -0.25) is 4.68 Å². The fraction of sp³-hybridized carbons (Fsp3) is 0.444. The summed E-state index contributed by atoms with van der Waals surface area (Å²) in [6, 6.07) is 0. The highest BCUT2D eigenvalue weighted by atomic mass is 32.1. The van der Waals surface area contributed by atoms with Crippen molar-refractivity contribution in [2.24, 2.45) is 0 Å². The van der Waals surface area contributed by atoms with Crippen LogP contribution in [0.1, 0.15) is 16.3 Å². The van der Waals surface area contributed by atoms with Crippen LogP contribution in [0.15, 0.2) is 11.7 Å². The first kappa shape index (κ1) is 9.33. The summed E-state index contributed by atoms with van der Waals surface area (Å²) in [6.45, 7) is 4.86. The lowest BCUT2D eigenvalue weighted by atomic mass is 10.3. The van der Waals surface area contributed by atoms with Gasteiger partial charge in [-0.15, -0.1) is 16.4 Å². The van der Waals surface area contributed by atoms with Crippen LogP contribution < -0.4 is 0 Å². The molecule has 5 heteroatoms. The minimum atomic E-state index is 0.879. The summed E-state index contributed by atoms with van der Waals surface area (Å²) in [7, 11) is 0. The second-order valence-corrected chi connectivity index (χ2v) is 4.17. The summed E-state index contributed by atoms with van der Waals surface area (Å²) in [5.74, 6) is 0. The fourth-order valence-electron chi connectivity index (χ4n) is 1.29. The molecule has 2 aromatic heterocycles. The molecule has 0 aromatic carbocycles. The van der Waals surface area contributed by atoms with Crippen LogP contribution in [-0.4, -0.2) is 20.0 Å². The van der Waals surface area contributed by atoms with Gasteiger partial charge in [0.15, 0.2) is 0 Å². The molecule has 2 aromatic rings. The predicted octanol–water partition coefficient (Wildman–Crippen LogP) is 1.59. The Hall–Kier alpha value is -1.23. The van der Waals surface area contributed by atoms with Gasteiger partial charge < -0.3 is 0 Å². The summed E-state index contributed by atoms with van der Waals surface area (Å²) in [5, 5.41) is 7.94. The highest BCUT2D eigenvalue weighted by Gasteiger charge is 2.02. The molecular weight excluding hydrogens is 196 g/mol. The third-order valence-electron chi connectivity index (χ3n) is 2.07. The number of aryl methyl sites for hydroxylation is 4. The molecule has 0 spiro atoms. The third kappa shape index (κ3) is 1.98. The van der Waals surface area contributed by atoms with Crippen molar-refractivity contribution in [2.75, 3.05) is 0 Å². The highest BCUT2D eigenvalue weighted by Crippen LogP contribution is 2.13. The number of rotatable bonds is 3. The first-order chi connectivity index (χ1) is 6.75. The molecule has 0 unspecified atom stereocenters. The van der Waals surface area contributed by atoms with E-state index in [0.29, 0.717) is 0 Å². The lowest BCUT2D eigenvalue weighted by molar-refractivity contribution is 0.591. The average Bonchev–Trinajstić information content (AvgIpc) is 2.72. The minimum absolute atomic E-state index is 0.879. The van der Waals surface area contributed by atoms with E-state index in [1.807, 2.05) is 30.2 Å². The number of hydrogen-bond donors (Lipinski definition) is 0. The molecule has 0 aliphatic rings. The lowest BCUT2D eigenvalue weighted by Gasteiger charge is -1.98. The van der Waals surface area contributed by atoms with E-state index in [0.717, 1.165) is 24.4 Å². The van der Waals surface area contributed by atoms with Gasteiger partial charge in [0.1, 0.15) is 0 Å². The van der Waals surface area contributed by atoms with E-state index in [-0.39, 0.29) is 0 Å². The molecule has 2 rings (SSSR count). The number of nitrogens with zero attached hydrogens (tertiary/aromatic N) is 4.